The van der Waals surface area contributed by atoms with Gasteiger partial charge in [0.15, 0.2) is 5.96 Å². The maximum atomic E-state index is 11.7. The molecule has 25 heavy (non-hydrogen) atoms. The molecular formula is C13H23N5O7. The molecule has 0 aromatic carbocycles. The summed E-state index contributed by atoms with van der Waals surface area (Å²) in [5.41, 5.74) is 10.3. The number of carboxylic acids is 3. The minimum atomic E-state index is -1.44. The number of carbonyl (C=O) groups is 4. The first-order valence-electron chi connectivity index (χ1n) is 7.43. The van der Waals surface area contributed by atoms with Crippen LogP contribution in [0.15, 0.2) is 4.99 Å². The average molecular weight is 361 g/mol. The van der Waals surface area contributed by atoms with Gasteiger partial charge in [0, 0.05) is 13.0 Å². The van der Waals surface area contributed by atoms with Crippen molar-refractivity contribution in [2.75, 3.05) is 6.54 Å². The highest BCUT2D eigenvalue weighted by Crippen LogP contribution is 2.03. The lowest BCUT2D eigenvalue weighted by atomic mass is 10.1. The van der Waals surface area contributed by atoms with Gasteiger partial charge in [-0.2, -0.15) is 0 Å². The maximum Gasteiger partial charge on any atom is 0.326 e. The second-order valence-corrected chi connectivity index (χ2v) is 5.13. The lowest BCUT2D eigenvalue weighted by molar-refractivity contribution is -0.140. The van der Waals surface area contributed by atoms with E-state index in [2.05, 4.69) is 10.3 Å². The van der Waals surface area contributed by atoms with Crippen LogP contribution in [0.5, 0.6) is 0 Å². The highest BCUT2D eigenvalue weighted by Gasteiger charge is 2.24. The molecule has 0 aromatic heterocycles. The molecule has 0 aliphatic carbocycles. The van der Waals surface area contributed by atoms with Crippen LogP contribution in [-0.2, 0) is 14.4 Å². The zero-order chi connectivity index (χ0) is 19.4. The number of hydrogen-bond acceptors (Lipinski definition) is 5. The van der Waals surface area contributed by atoms with Gasteiger partial charge < -0.3 is 37.4 Å². The van der Waals surface area contributed by atoms with Gasteiger partial charge in [-0.05, 0) is 25.7 Å². The van der Waals surface area contributed by atoms with Crippen molar-refractivity contribution in [3.05, 3.63) is 0 Å². The maximum absolute atomic E-state index is 11.7. The average Bonchev–Trinajstić information content (AvgIpc) is 2.48. The quantitative estimate of drug-likeness (QED) is 0.122. The predicted octanol–water partition coefficient (Wildman–Crippen LogP) is -1.50. The molecule has 0 spiro atoms. The molecule has 0 heterocycles. The molecule has 12 heteroatoms. The molecule has 0 bridgehead atoms. The van der Waals surface area contributed by atoms with E-state index in [1.165, 1.54) is 0 Å². The van der Waals surface area contributed by atoms with Crippen molar-refractivity contribution in [2.45, 2.75) is 44.2 Å². The van der Waals surface area contributed by atoms with E-state index >= 15 is 0 Å². The first kappa shape index (κ1) is 21.9. The van der Waals surface area contributed by atoms with Gasteiger partial charge in [-0.25, -0.2) is 14.4 Å². The van der Waals surface area contributed by atoms with Gasteiger partial charge in [-0.1, -0.05) is 0 Å². The van der Waals surface area contributed by atoms with Gasteiger partial charge in [0.1, 0.15) is 12.1 Å². The summed E-state index contributed by atoms with van der Waals surface area (Å²) in [6.45, 7) is 0.317. The molecule has 0 aliphatic rings. The fourth-order valence-electron chi connectivity index (χ4n) is 1.81. The summed E-state index contributed by atoms with van der Waals surface area (Å²) in [5, 5.41) is 30.8. The SMILES string of the molecule is NC(N)=NCCCCC(NC(=O)NC(CCC(=O)O)C(=O)O)C(=O)O. The van der Waals surface area contributed by atoms with Crippen LogP contribution >= 0.6 is 0 Å². The van der Waals surface area contributed by atoms with Crippen molar-refractivity contribution < 1.29 is 34.5 Å². The van der Waals surface area contributed by atoms with Crippen molar-refractivity contribution >= 4 is 29.9 Å². The van der Waals surface area contributed by atoms with Gasteiger partial charge in [0.2, 0.25) is 0 Å². The molecule has 2 unspecified atom stereocenters. The molecule has 0 saturated heterocycles. The molecular weight excluding hydrogens is 338 g/mol. The Morgan fingerprint density at radius 1 is 0.880 bits per heavy atom. The summed E-state index contributed by atoms with van der Waals surface area (Å²) >= 11 is 0. The first-order valence-corrected chi connectivity index (χ1v) is 7.43. The van der Waals surface area contributed by atoms with E-state index in [1.807, 2.05) is 5.32 Å². The van der Waals surface area contributed by atoms with Crippen molar-refractivity contribution in [1.82, 2.24) is 10.6 Å². The van der Waals surface area contributed by atoms with E-state index in [1.54, 1.807) is 0 Å². The standard InChI is InChI=1S/C13H23N5O7/c14-12(15)16-6-2-1-3-7(10(21)22)17-13(25)18-8(11(23)24)4-5-9(19)20/h7-8H,1-6H2,(H,19,20)(H,21,22)(H,23,24)(H4,14,15,16)(H2,17,18,25). The van der Waals surface area contributed by atoms with E-state index in [0.717, 1.165) is 0 Å². The zero-order valence-electron chi connectivity index (χ0n) is 13.5. The highest BCUT2D eigenvalue weighted by molar-refractivity contribution is 5.86. The number of nitrogens with one attached hydrogen (secondary N) is 2. The van der Waals surface area contributed by atoms with Crippen molar-refractivity contribution in [3.8, 4) is 0 Å². The second kappa shape index (κ2) is 11.5. The third-order valence-corrected chi connectivity index (χ3v) is 3.05. The summed E-state index contributed by atoms with van der Waals surface area (Å²) in [5.74, 6) is -3.99. The monoisotopic (exact) mass is 361 g/mol. The molecule has 12 nitrogen and oxygen atoms in total. The third-order valence-electron chi connectivity index (χ3n) is 3.05. The Balaban J connectivity index is 4.46. The Morgan fingerprint density at radius 3 is 1.84 bits per heavy atom. The Morgan fingerprint density at radius 2 is 1.40 bits per heavy atom. The highest BCUT2D eigenvalue weighted by atomic mass is 16.4. The number of urea groups is 1. The second-order valence-electron chi connectivity index (χ2n) is 5.13. The van der Waals surface area contributed by atoms with Crippen LogP contribution in [-0.4, -0.2) is 63.8 Å². The molecule has 0 aromatic rings. The van der Waals surface area contributed by atoms with Gasteiger partial charge in [0.25, 0.3) is 0 Å². The van der Waals surface area contributed by atoms with Crippen LogP contribution in [0.1, 0.15) is 32.1 Å². The normalized spacial score (nSPS) is 12.5. The summed E-state index contributed by atoms with van der Waals surface area (Å²) < 4.78 is 0. The third kappa shape index (κ3) is 11.2. The number of guanidine groups is 1. The van der Waals surface area contributed by atoms with Crippen LogP contribution < -0.4 is 22.1 Å². The number of amides is 2. The van der Waals surface area contributed by atoms with Crippen LogP contribution in [0.2, 0.25) is 0 Å². The Hall–Kier alpha value is -3.05. The lowest BCUT2D eigenvalue weighted by Crippen LogP contribution is -2.51. The number of hydrogen-bond donors (Lipinski definition) is 7. The molecule has 2 atom stereocenters. The molecule has 142 valence electrons. The molecule has 0 aliphatic heterocycles. The van der Waals surface area contributed by atoms with Crippen molar-refractivity contribution in [3.63, 3.8) is 0 Å². The summed E-state index contributed by atoms with van der Waals surface area (Å²) in [7, 11) is 0. The van der Waals surface area contributed by atoms with Crippen LogP contribution in [0.3, 0.4) is 0 Å². The zero-order valence-corrected chi connectivity index (χ0v) is 13.5. The number of rotatable bonds is 12. The van der Waals surface area contributed by atoms with E-state index in [4.69, 9.17) is 26.8 Å². The van der Waals surface area contributed by atoms with Gasteiger partial charge in [-0.15, -0.1) is 0 Å². The van der Waals surface area contributed by atoms with E-state index < -0.39 is 42.4 Å². The Labute approximate surface area is 143 Å². The molecule has 0 radical (unpaired) electrons. The van der Waals surface area contributed by atoms with Gasteiger partial charge >= 0.3 is 23.9 Å². The minimum absolute atomic E-state index is 0.0756. The fourth-order valence-corrected chi connectivity index (χ4v) is 1.81. The molecule has 0 rings (SSSR count). The Kier molecular flexibility index (Phi) is 10.1. The summed E-state index contributed by atoms with van der Waals surface area (Å²) in [4.78, 5) is 48.1. The molecule has 0 fully saturated rings. The predicted molar refractivity (Wildman–Crippen MR) is 85.9 cm³/mol. The topological polar surface area (TPSA) is 217 Å². The number of aliphatic carboxylic acids is 3. The van der Waals surface area contributed by atoms with Crippen molar-refractivity contribution in [1.29, 1.82) is 0 Å². The van der Waals surface area contributed by atoms with Gasteiger partial charge in [0.05, 0.1) is 0 Å². The lowest BCUT2D eigenvalue weighted by Gasteiger charge is -2.18. The summed E-state index contributed by atoms with van der Waals surface area (Å²) in [6.07, 6.45) is 0.227. The Bertz CT molecular complexity index is 519. The molecule has 9 N–H and O–H groups in total. The number of nitrogens with zero attached hydrogens (tertiary/aromatic N) is 1. The molecule has 0 saturated carbocycles. The number of unbranched alkanes of at least 4 members (excludes halogenated alkanes) is 1. The minimum Gasteiger partial charge on any atom is -0.481 e. The number of aliphatic imine (C=N–C) groups is 1. The van der Waals surface area contributed by atoms with Crippen LogP contribution in [0, 0.1) is 0 Å². The van der Waals surface area contributed by atoms with Gasteiger partial charge in [-0.3, -0.25) is 9.79 Å². The number of nitrogens with two attached hydrogens (primary N) is 2. The number of carboxylic acid groups (broad SMARTS) is 3. The van der Waals surface area contributed by atoms with E-state index in [0.29, 0.717) is 19.4 Å². The fraction of sp³-hybridized carbons (Fsp3) is 0.615. The molecule has 2 amide bonds. The van der Waals surface area contributed by atoms with Crippen LogP contribution in [0.25, 0.3) is 0 Å². The van der Waals surface area contributed by atoms with Crippen LogP contribution in [0.4, 0.5) is 4.79 Å². The smallest absolute Gasteiger partial charge is 0.326 e. The van der Waals surface area contributed by atoms with Crippen molar-refractivity contribution in [2.24, 2.45) is 16.5 Å². The summed E-state index contributed by atoms with van der Waals surface area (Å²) in [6, 6.07) is -3.67. The number of carbonyl (C=O) groups excluding carboxylic acids is 1. The van der Waals surface area contributed by atoms with E-state index in [9.17, 15) is 19.2 Å². The first-order chi connectivity index (χ1) is 11.6. The van der Waals surface area contributed by atoms with E-state index in [-0.39, 0.29) is 18.8 Å². The largest absolute Gasteiger partial charge is 0.481 e.